The van der Waals surface area contributed by atoms with Crippen LogP contribution in [0.2, 0.25) is 0 Å². The summed E-state index contributed by atoms with van der Waals surface area (Å²) in [5, 5.41) is 3.91. The van der Waals surface area contributed by atoms with Crippen molar-refractivity contribution in [2.24, 2.45) is 0 Å². The van der Waals surface area contributed by atoms with Crippen LogP contribution < -0.4 is 0 Å². The molecule has 0 atom stereocenters. The number of aryl methyl sites for hydroxylation is 2. The number of hydrogen-bond donors (Lipinski definition) is 0. The molecule has 0 unspecified atom stereocenters. The van der Waals surface area contributed by atoms with Gasteiger partial charge in [-0.25, -0.2) is 0 Å². The molecule has 4 heteroatoms. The van der Waals surface area contributed by atoms with Gasteiger partial charge in [0.05, 0.1) is 5.69 Å². The summed E-state index contributed by atoms with van der Waals surface area (Å²) in [6.07, 6.45) is 3.98. The molecule has 2 rings (SSSR count). The molecule has 4 nitrogen and oxygen atoms in total. The van der Waals surface area contributed by atoms with E-state index in [0.29, 0.717) is 5.56 Å². The number of likely N-dealkylation sites (tertiary alicyclic amines) is 1. The van der Waals surface area contributed by atoms with Crippen molar-refractivity contribution in [1.29, 1.82) is 0 Å². The summed E-state index contributed by atoms with van der Waals surface area (Å²) < 4.78 is 5.22. The van der Waals surface area contributed by atoms with Crippen molar-refractivity contribution in [2.45, 2.75) is 39.5 Å². The molecule has 0 radical (unpaired) electrons. The molecular weight excluding hydrogens is 204 g/mol. The first-order chi connectivity index (χ1) is 7.74. The summed E-state index contributed by atoms with van der Waals surface area (Å²) in [4.78, 5) is 14.2. The highest BCUT2D eigenvalue weighted by molar-refractivity contribution is 5.96. The van der Waals surface area contributed by atoms with E-state index in [2.05, 4.69) is 12.1 Å². The molecule has 88 valence electrons. The molecule has 1 aromatic heterocycles. The van der Waals surface area contributed by atoms with Gasteiger partial charge in [0.15, 0.2) is 0 Å². The lowest BCUT2D eigenvalue weighted by Gasteiger charge is -2.14. The smallest absolute Gasteiger partial charge is 0.259 e. The van der Waals surface area contributed by atoms with E-state index in [9.17, 15) is 4.79 Å². The van der Waals surface area contributed by atoms with Gasteiger partial charge >= 0.3 is 0 Å². The highest BCUT2D eigenvalue weighted by Crippen LogP contribution is 2.20. The largest absolute Gasteiger partial charge is 0.360 e. The van der Waals surface area contributed by atoms with Gasteiger partial charge in [0.1, 0.15) is 11.3 Å². The minimum atomic E-state index is 0.0969. The van der Waals surface area contributed by atoms with Crippen molar-refractivity contribution in [1.82, 2.24) is 10.1 Å². The van der Waals surface area contributed by atoms with Crippen LogP contribution in [0.15, 0.2) is 4.52 Å². The Hall–Kier alpha value is -1.32. The third-order valence-corrected chi connectivity index (χ3v) is 3.02. The minimum Gasteiger partial charge on any atom is -0.360 e. The summed E-state index contributed by atoms with van der Waals surface area (Å²) in [7, 11) is 0. The Balaban J connectivity index is 2.23. The van der Waals surface area contributed by atoms with Gasteiger partial charge in [-0.1, -0.05) is 12.1 Å². The second-order valence-electron chi connectivity index (χ2n) is 4.32. The van der Waals surface area contributed by atoms with Gasteiger partial charge in [0, 0.05) is 19.5 Å². The average molecular weight is 222 g/mol. The van der Waals surface area contributed by atoms with Crippen molar-refractivity contribution in [3.8, 4) is 0 Å². The molecule has 1 saturated heterocycles. The van der Waals surface area contributed by atoms with Crippen molar-refractivity contribution in [3.63, 3.8) is 0 Å². The molecule has 0 bridgehead atoms. The number of carbonyl (C=O) groups is 1. The molecule has 1 aliphatic heterocycles. The van der Waals surface area contributed by atoms with Crippen molar-refractivity contribution in [2.75, 3.05) is 13.1 Å². The van der Waals surface area contributed by atoms with Gasteiger partial charge in [0.2, 0.25) is 0 Å². The molecule has 1 aromatic rings. The monoisotopic (exact) mass is 222 g/mol. The molecule has 0 aliphatic carbocycles. The number of hydrogen-bond acceptors (Lipinski definition) is 3. The SMILES string of the molecule is CCCc1onc(C)c1C(=O)N1CCCC1. The highest BCUT2D eigenvalue weighted by Gasteiger charge is 2.26. The van der Waals surface area contributed by atoms with Gasteiger partial charge in [-0.15, -0.1) is 0 Å². The summed E-state index contributed by atoms with van der Waals surface area (Å²) in [6, 6.07) is 0. The van der Waals surface area contributed by atoms with Gasteiger partial charge in [-0.05, 0) is 26.2 Å². The fraction of sp³-hybridized carbons (Fsp3) is 0.667. The molecule has 1 amide bonds. The maximum Gasteiger partial charge on any atom is 0.259 e. The van der Waals surface area contributed by atoms with Crippen LogP contribution in [0.5, 0.6) is 0 Å². The van der Waals surface area contributed by atoms with Crippen LogP contribution in [0.25, 0.3) is 0 Å². The highest BCUT2D eigenvalue weighted by atomic mass is 16.5. The molecule has 2 heterocycles. The van der Waals surface area contributed by atoms with Gasteiger partial charge < -0.3 is 9.42 Å². The lowest BCUT2D eigenvalue weighted by Crippen LogP contribution is -2.28. The van der Waals surface area contributed by atoms with E-state index in [-0.39, 0.29) is 5.91 Å². The minimum absolute atomic E-state index is 0.0969. The molecule has 1 aliphatic rings. The van der Waals surface area contributed by atoms with E-state index in [1.165, 1.54) is 0 Å². The van der Waals surface area contributed by atoms with Crippen molar-refractivity contribution in [3.05, 3.63) is 17.0 Å². The van der Waals surface area contributed by atoms with Crippen LogP contribution in [0.1, 0.15) is 48.0 Å². The quantitative estimate of drug-likeness (QED) is 0.787. The molecule has 16 heavy (non-hydrogen) atoms. The van der Waals surface area contributed by atoms with E-state index in [1.54, 1.807) is 0 Å². The normalized spacial score (nSPS) is 15.8. The third kappa shape index (κ3) is 1.96. The van der Waals surface area contributed by atoms with Crippen LogP contribution in [0.4, 0.5) is 0 Å². The van der Waals surface area contributed by atoms with E-state index in [1.807, 2.05) is 11.8 Å². The Kier molecular flexibility index (Phi) is 3.27. The number of amides is 1. The zero-order valence-corrected chi connectivity index (χ0v) is 9.95. The first kappa shape index (κ1) is 11.2. The van der Waals surface area contributed by atoms with E-state index < -0.39 is 0 Å². The van der Waals surface area contributed by atoms with E-state index >= 15 is 0 Å². The Labute approximate surface area is 95.6 Å². The Bertz CT molecular complexity index is 378. The number of nitrogens with zero attached hydrogens (tertiary/aromatic N) is 2. The van der Waals surface area contributed by atoms with Gasteiger partial charge in [0.25, 0.3) is 5.91 Å². The zero-order chi connectivity index (χ0) is 11.5. The first-order valence-corrected chi connectivity index (χ1v) is 5.98. The second-order valence-corrected chi connectivity index (χ2v) is 4.32. The summed E-state index contributed by atoms with van der Waals surface area (Å²) in [6.45, 7) is 5.65. The average Bonchev–Trinajstić information content (AvgIpc) is 2.88. The van der Waals surface area contributed by atoms with Crippen LogP contribution in [-0.4, -0.2) is 29.1 Å². The predicted octanol–water partition coefficient (Wildman–Crippen LogP) is 2.17. The van der Waals surface area contributed by atoms with Gasteiger partial charge in [-0.3, -0.25) is 4.79 Å². The zero-order valence-electron chi connectivity index (χ0n) is 9.95. The molecule has 1 fully saturated rings. The lowest BCUT2D eigenvalue weighted by molar-refractivity contribution is 0.0790. The third-order valence-electron chi connectivity index (χ3n) is 3.02. The predicted molar refractivity (Wildman–Crippen MR) is 60.4 cm³/mol. The summed E-state index contributed by atoms with van der Waals surface area (Å²) in [5.41, 5.74) is 1.42. The van der Waals surface area contributed by atoms with E-state index in [0.717, 1.165) is 50.2 Å². The molecule has 0 aromatic carbocycles. The molecule has 0 saturated carbocycles. The molecule has 0 N–H and O–H groups in total. The molecule has 0 spiro atoms. The van der Waals surface area contributed by atoms with E-state index in [4.69, 9.17) is 4.52 Å². The summed E-state index contributed by atoms with van der Waals surface area (Å²) in [5.74, 6) is 0.844. The Morgan fingerprint density at radius 2 is 2.12 bits per heavy atom. The van der Waals surface area contributed by atoms with Crippen molar-refractivity contribution < 1.29 is 9.32 Å². The number of carbonyl (C=O) groups excluding carboxylic acids is 1. The van der Waals surface area contributed by atoms with Crippen molar-refractivity contribution >= 4 is 5.91 Å². The van der Waals surface area contributed by atoms with Crippen LogP contribution in [0.3, 0.4) is 0 Å². The maximum absolute atomic E-state index is 12.3. The number of rotatable bonds is 3. The fourth-order valence-electron chi connectivity index (χ4n) is 2.17. The lowest BCUT2D eigenvalue weighted by atomic mass is 10.1. The van der Waals surface area contributed by atoms with Crippen LogP contribution in [0, 0.1) is 6.92 Å². The Morgan fingerprint density at radius 1 is 1.44 bits per heavy atom. The topological polar surface area (TPSA) is 46.3 Å². The number of aromatic nitrogens is 1. The maximum atomic E-state index is 12.3. The van der Waals surface area contributed by atoms with Gasteiger partial charge in [-0.2, -0.15) is 0 Å². The fourth-order valence-corrected chi connectivity index (χ4v) is 2.17. The van der Waals surface area contributed by atoms with Crippen LogP contribution >= 0.6 is 0 Å². The first-order valence-electron chi connectivity index (χ1n) is 5.98. The Morgan fingerprint density at radius 3 is 2.75 bits per heavy atom. The summed E-state index contributed by atoms with van der Waals surface area (Å²) >= 11 is 0. The second kappa shape index (κ2) is 4.68. The van der Waals surface area contributed by atoms with Crippen LogP contribution in [-0.2, 0) is 6.42 Å². The standard InChI is InChI=1S/C12H18N2O2/c1-3-6-10-11(9(2)13-16-10)12(15)14-7-4-5-8-14/h3-8H2,1-2H3. The molecular formula is C12H18N2O2.